The Morgan fingerprint density at radius 2 is 1.95 bits per heavy atom. The molecule has 0 saturated heterocycles. The summed E-state index contributed by atoms with van der Waals surface area (Å²) in [6.07, 6.45) is 1.74. The first-order valence-corrected chi connectivity index (χ1v) is 6.77. The van der Waals surface area contributed by atoms with Crippen molar-refractivity contribution in [1.29, 1.82) is 0 Å². The molecule has 0 aliphatic carbocycles. The molecule has 0 spiro atoms. The Kier molecular flexibility index (Phi) is 3.28. The van der Waals surface area contributed by atoms with Crippen LogP contribution in [0.3, 0.4) is 0 Å². The topological polar surface area (TPSA) is 38.1 Å². The number of nitrogens with zero attached hydrogens (tertiary/aromatic N) is 1. The van der Waals surface area contributed by atoms with E-state index in [0.717, 1.165) is 27.9 Å². The number of benzene rings is 1. The van der Waals surface area contributed by atoms with Crippen LogP contribution in [0.25, 0.3) is 10.9 Å². The Labute approximate surface area is 118 Å². The molecule has 3 nitrogen and oxygen atoms in total. The molecule has 1 N–H and O–H groups in total. The van der Waals surface area contributed by atoms with Crippen LogP contribution >= 0.6 is 0 Å². The molecule has 2 heterocycles. The second kappa shape index (κ2) is 5.10. The molecule has 1 unspecified atom stereocenters. The normalized spacial score (nSPS) is 12.8. The number of hydrogen-bond donors (Lipinski definition) is 1. The van der Waals surface area contributed by atoms with Gasteiger partial charge in [0.2, 0.25) is 0 Å². The maximum Gasteiger partial charge on any atom is 0.128 e. The number of pyridine rings is 1. The third-order valence-corrected chi connectivity index (χ3v) is 3.64. The molecule has 0 radical (unpaired) electrons. The molecule has 3 rings (SSSR count). The van der Waals surface area contributed by atoms with Gasteiger partial charge in [-0.3, -0.25) is 4.98 Å². The second-order valence-corrected chi connectivity index (χ2v) is 5.09. The van der Waals surface area contributed by atoms with E-state index in [1.165, 1.54) is 5.56 Å². The van der Waals surface area contributed by atoms with Gasteiger partial charge in [0.05, 0.1) is 17.8 Å². The average molecular weight is 266 g/mol. The highest BCUT2D eigenvalue weighted by Gasteiger charge is 2.17. The van der Waals surface area contributed by atoms with Gasteiger partial charge in [-0.15, -0.1) is 0 Å². The summed E-state index contributed by atoms with van der Waals surface area (Å²) in [6.45, 7) is 4.07. The van der Waals surface area contributed by atoms with Gasteiger partial charge in [-0.1, -0.05) is 12.1 Å². The molecule has 0 saturated carbocycles. The molecule has 0 aliphatic heterocycles. The fourth-order valence-electron chi connectivity index (χ4n) is 2.55. The number of hydrogen-bond acceptors (Lipinski definition) is 3. The van der Waals surface area contributed by atoms with Gasteiger partial charge in [0.15, 0.2) is 0 Å². The first kappa shape index (κ1) is 12.9. The van der Waals surface area contributed by atoms with Crippen LogP contribution in [0.15, 0.2) is 47.1 Å². The monoisotopic (exact) mass is 266 g/mol. The van der Waals surface area contributed by atoms with Crippen molar-refractivity contribution in [2.75, 3.05) is 7.05 Å². The van der Waals surface area contributed by atoms with Gasteiger partial charge in [-0.2, -0.15) is 0 Å². The summed E-state index contributed by atoms with van der Waals surface area (Å²) in [6, 6.07) is 12.6. The van der Waals surface area contributed by atoms with Crippen molar-refractivity contribution in [1.82, 2.24) is 10.3 Å². The Morgan fingerprint density at radius 3 is 2.65 bits per heavy atom. The van der Waals surface area contributed by atoms with Gasteiger partial charge in [0.1, 0.15) is 5.76 Å². The fourth-order valence-corrected chi connectivity index (χ4v) is 2.55. The van der Waals surface area contributed by atoms with E-state index in [0.29, 0.717) is 0 Å². The Hall–Kier alpha value is -2.13. The summed E-state index contributed by atoms with van der Waals surface area (Å²) >= 11 is 0. The van der Waals surface area contributed by atoms with Gasteiger partial charge in [-0.25, -0.2) is 0 Å². The standard InChI is InChI=1S/C17H18N2O/c1-11-8-9-20-17(11)16(18-3)14-6-7-15-13(10-14)5-4-12(2)19-15/h4-10,16,18H,1-3H3. The van der Waals surface area contributed by atoms with Crippen molar-refractivity contribution >= 4 is 10.9 Å². The molecule has 20 heavy (non-hydrogen) atoms. The van der Waals surface area contributed by atoms with E-state index in [-0.39, 0.29) is 6.04 Å². The Bertz CT molecular complexity index is 746. The van der Waals surface area contributed by atoms with E-state index in [1.54, 1.807) is 6.26 Å². The minimum atomic E-state index is 0.0655. The van der Waals surface area contributed by atoms with Gasteiger partial charge in [0, 0.05) is 11.1 Å². The summed E-state index contributed by atoms with van der Waals surface area (Å²) in [7, 11) is 1.95. The molecular formula is C17H18N2O. The summed E-state index contributed by atoms with van der Waals surface area (Å²) in [4.78, 5) is 4.54. The molecule has 1 aromatic carbocycles. The molecule has 1 atom stereocenters. The summed E-state index contributed by atoms with van der Waals surface area (Å²) in [5.41, 5.74) is 4.41. The highest BCUT2D eigenvalue weighted by Crippen LogP contribution is 2.27. The third kappa shape index (κ3) is 2.21. The number of nitrogens with one attached hydrogen (secondary N) is 1. The number of aryl methyl sites for hydroxylation is 2. The van der Waals surface area contributed by atoms with E-state index < -0.39 is 0 Å². The van der Waals surface area contributed by atoms with Crippen molar-refractivity contribution in [3.8, 4) is 0 Å². The quantitative estimate of drug-likeness (QED) is 0.784. The highest BCUT2D eigenvalue weighted by atomic mass is 16.3. The van der Waals surface area contributed by atoms with Gasteiger partial charge >= 0.3 is 0 Å². The average Bonchev–Trinajstić information content (AvgIpc) is 2.86. The van der Waals surface area contributed by atoms with Crippen molar-refractivity contribution in [2.24, 2.45) is 0 Å². The lowest BCUT2D eigenvalue weighted by molar-refractivity contribution is 0.460. The maximum atomic E-state index is 5.62. The van der Waals surface area contributed by atoms with E-state index in [2.05, 4.69) is 41.5 Å². The van der Waals surface area contributed by atoms with Crippen molar-refractivity contribution in [3.63, 3.8) is 0 Å². The van der Waals surface area contributed by atoms with Crippen LogP contribution in [0.5, 0.6) is 0 Å². The lowest BCUT2D eigenvalue weighted by atomic mass is 10.00. The van der Waals surface area contributed by atoms with Crippen LogP contribution in [-0.4, -0.2) is 12.0 Å². The van der Waals surface area contributed by atoms with Crippen LogP contribution in [0.2, 0.25) is 0 Å². The molecular weight excluding hydrogens is 248 g/mol. The lowest BCUT2D eigenvalue weighted by Gasteiger charge is -2.16. The summed E-state index contributed by atoms with van der Waals surface area (Å²) in [5, 5.41) is 4.47. The predicted octanol–water partition coefficient (Wildman–Crippen LogP) is 3.75. The van der Waals surface area contributed by atoms with Gasteiger partial charge in [0.25, 0.3) is 0 Å². The number of rotatable bonds is 3. The molecule has 3 aromatic rings. The Balaban J connectivity index is 2.08. The van der Waals surface area contributed by atoms with Crippen molar-refractivity contribution in [3.05, 3.63) is 65.2 Å². The van der Waals surface area contributed by atoms with Crippen molar-refractivity contribution < 1.29 is 4.42 Å². The molecule has 0 amide bonds. The highest BCUT2D eigenvalue weighted by molar-refractivity contribution is 5.79. The zero-order chi connectivity index (χ0) is 14.1. The lowest BCUT2D eigenvalue weighted by Crippen LogP contribution is -2.17. The zero-order valence-corrected chi connectivity index (χ0v) is 12.0. The molecule has 3 heteroatoms. The molecule has 102 valence electrons. The molecule has 0 bridgehead atoms. The predicted molar refractivity (Wildman–Crippen MR) is 80.8 cm³/mol. The van der Waals surface area contributed by atoms with E-state index in [4.69, 9.17) is 4.42 Å². The van der Waals surface area contributed by atoms with Gasteiger partial charge < -0.3 is 9.73 Å². The van der Waals surface area contributed by atoms with Gasteiger partial charge in [-0.05, 0) is 56.3 Å². The minimum Gasteiger partial charge on any atom is -0.467 e. The number of furan rings is 1. The first-order valence-electron chi connectivity index (χ1n) is 6.77. The number of aromatic nitrogens is 1. The largest absolute Gasteiger partial charge is 0.467 e. The van der Waals surface area contributed by atoms with Crippen molar-refractivity contribution in [2.45, 2.75) is 19.9 Å². The van der Waals surface area contributed by atoms with E-state index in [9.17, 15) is 0 Å². The van der Waals surface area contributed by atoms with E-state index in [1.807, 2.05) is 26.1 Å². The SMILES string of the molecule is CNC(c1ccc2nc(C)ccc2c1)c1occc1C. The molecule has 0 fully saturated rings. The molecule has 2 aromatic heterocycles. The first-order chi connectivity index (χ1) is 9.69. The summed E-state index contributed by atoms with van der Waals surface area (Å²) < 4.78 is 5.62. The van der Waals surface area contributed by atoms with Crippen LogP contribution < -0.4 is 5.32 Å². The maximum absolute atomic E-state index is 5.62. The summed E-state index contributed by atoms with van der Waals surface area (Å²) in [5.74, 6) is 0.965. The fraction of sp³-hybridized carbons (Fsp3) is 0.235. The third-order valence-electron chi connectivity index (χ3n) is 3.64. The molecule has 0 aliphatic rings. The number of fused-ring (bicyclic) bond motifs is 1. The van der Waals surface area contributed by atoms with Crippen LogP contribution in [0.1, 0.15) is 28.6 Å². The minimum absolute atomic E-state index is 0.0655. The van der Waals surface area contributed by atoms with Crippen LogP contribution in [-0.2, 0) is 0 Å². The second-order valence-electron chi connectivity index (χ2n) is 5.09. The van der Waals surface area contributed by atoms with Crippen LogP contribution in [0.4, 0.5) is 0 Å². The van der Waals surface area contributed by atoms with E-state index >= 15 is 0 Å². The zero-order valence-electron chi connectivity index (χ0n) is 12.0. The Morgan fingerprint density at radius 1 is 1.10 bits per heavy atom. The smallest absolute Gasteiger partial charge is 0.128 e. The van der Waals surface area contributed by atoms with Crippen LogP contribution in [0, 0.1) is 13.8 Å².